The van der Waals surface area contributed by atoms with Gasteiger partial charge in [0.15, 0.2) is 12.0 Å². The van der Waals surface area contributed by atoms with Gasteiger partial charge in [-0.15, -0.1) is 0 Å². The van der Waals surface area contributed by atoms with Gasteiger partial charge in [0.05, 0.1) is 6.10 Å². The molecule has 4 atom stereocenters. The smallest absolute Gasteiger partial charge is 0.330 e. The van der Waals surface area contributed by atoms with E-state index in [4.69, 9.17) is 14.2 Å². The number of rotatable bonds is 1. The van der Waals surface area contributed by atoms with Gasteiger partial charge in [-0.1, -0.05) is 0 Å². The van der Waals surface area contributed by atoms with Gasteiger partial charge in [-0.2, -0.15) is 0 Å². The van der Waals surface area contributed by atoms with Crippen molar-refractivity contribution < 1.29 is 14.2 Å². The maximum absolute atomic E-state index is 11.8. The third-order valence-electron chi connectivity index (χ3n) is 3.39. The topological polar surface area (TPSA) is 82.6 Å². The van der Waals surface area contributed by atoms with Gasteiger partial charge in [-0.3, -0.25) is 14.3 Å². The molecule has 0 bridgehead atoms. The molecule has 2 aliphatic rings. The van der Waals surface area contributed by atoms with Crippen LogP contribution in [0.15, 0.2) is 21.9 Å². The molecule has 0 radical (unpaired) electrons. The average Bonchev–Trinajstić information content (AvgIpc) is 2.75. The van der Waals surface area contributed by atoms with Gasteiger partial charge in [0.1, 0.15) is 12.2 Å². The van der Waals surface area contributed by atoms with E-state index in [-0.39, 0.29) is 18.3 Å². The lowest BCUT2D eigenvalue weighted by Gasteiger charge is -2.23. The monoisotopic (exact) mass is 268 g/mol. The van der Waals surface area contributed by atoms with Crippen molar-refractivity contribution in [3.63, 3.8) is 0 Å². The lowest BCUT2D eigenvalue weighted by molar-refractivity contribution is -0.195. The number of aromatic nitrogens is 2. The standard InChI is InChI=1S/C12H16N2O5/c1-6-8-9(19-12(2,3)18-8)10(17-6)14-5-4-7(15)13-11(14)16/h4-6,8-10H,1-3H3,(H,13,15,16)/t6-,8?,9+,10-/m1/s1. The molecule has 2 aliphatic heterocycles. The molecular formula is C12H16N2O5. The van der Waals surface area contributed by atoms with Crippen LogP contribution < -0.4 is 11.2 Å². The van der Waals surface area contributed by atoms with Crippen LogP contribution in [0.3, 0.4) is 0 Å². The van der Waals surface area contributed by atoms with Gasteiger partial charge < -0.3 is 14.2 Å². The van der Waals surface area contributed by atoms with Crippen molar-refractivity contribution in [2.24, 2.45) is 0 Å². The fraction of sp³-hybridized carbons (Fsp3) is 0.667. The van der Waals surface area contributed by atoms with Gasteiger partial charge >= 0.3 is 5.69 Å². The highest BCUT2D eigenvalue weighted by atomic mass is 16.8. The van der Waals surface area contributed by atoms with Crippen LogP contribution in [-0.4, -0.2) is 33.7 Å². The van der Waals surface area contributed by atoms with E-state index in [0.29, 0.717) is 0 Å². The molecule has 1 unspecified atom stereocenters. The Labute approximate surface area is 109 Å². The number of ether oxygens (including phenoxy) is 3. The molecule has 1 aromatic rings. The van der Waals surface area contributed by atoms with E-state index in [1.165, 1.54) is 16.8 Å². The molecule has 7 heteroatoms. The van der Waals surface area contributed by atoms with Crippen LogP contribution in [0.5, 0.6) is 0 Å². The van der Waals surface area contributed by atoms with Crippen LogP contribution in [0, 0.1) is 0 Å². The van der Waals surface area contributed by atoms with Crippen molar-refractivity contribution >= 4 is 0 Å². The molecule has 3 rings (SSSR count). The highest BCUT2D eigenvalue weighted by molar-refractivity contribution is 4.97. The number of nitrogens with zero attached hydrogens (tertiary/aromatic N) is 1. The molecule has 0 aromatic carbocycles. The van der Waals surface area contributed by atoms with E-state index < -0.39 is 23.3 Å². The Morgan fingerprint density at radius 1 is 1.26 bits per heavy atom. The molecule has 0 aliphatic carbocycles. The summed E-state index contributed by atoms with van der Waals surface area (Å²) in [7, 11) is 0. The second-order valence-corrected chi connectivity index (χ2v) is 5.31. The summed E-state index contributed by atoms with van der Waals surface area (Å²) in [5.74, 6) is -0.697. The zero-order valence-electron chi connectivity index (χ0n) is 11.0. The number of hydrogen-bond donors (Lipinski definition) is 1. The number of hydrogen-bond acceptors (Lipinski definition) is 5. The van der Waals surface area contributed by atoms with Gasteiger partial charge in [0.2, 0.25) is 0 Å². The second kappa shape index (κ2) is 4.03. The van der Waals surface area contributed by atoms with Crippen molar-refractivity contribution in [2.75, 3.05) is 0 Å². The first-order valence-corrected chi connectivity index (χ1v) is 6.20. The van der Waals surface area contributed by atoms with E-state index in [9.17, 15) is 9.59 Å². The fourth-order valence-electron chi connectivity index (χ4n) is 2.63. The summed E-state index contributed by atoms with van der Waals surface area (Å²) < 4.78 is 18.6. The maximum Gasteiger partial charge on any atom is 0.330 e. The minimum absolute atomic E-state index is 0.185. The van der Waals surface area contributed by atoms with Gasteiger partial charge in [-0.25, -0.2) is 4.79 Å². The van der Waals surface area contributed by atoms with Crippen LogP contribution >= 0.6 is 0 Å². The van der Waals surface area contributed by atoms with Crippen molar-refractivity contribution in [3.8, 4) is 0 Å². The van der Waals surface area contributed by atoms with E-state index >= 15 is 0 Å². The van der Waals surface area contributed by atoms with Crippen LogP contribution in [0.25, 0.3) is 0 Å². The third-order valence-corrected chi connectivity index (χ3v) is 3.39. The van der Waals surface area contributed by atoms with Crippen molar-refractivity contribution in [1.82, 2.24) is 9.55 Å². The van der Waals surface area contributed by atoms with Crippen LogP contribution in [0.1, 0.15) is 27.0 Å². The SMILES string of the molecule is C[C@H]1O[C@@H](n2ccc(=O)[nH]c2=O)[C@H]2OC(C)(C)OC12. The zero-order chi connectivity index (χ0) is 13.8. The normalized spacial score (nSPS) is 36.4. The summed E-state index contributed by atoms with van der Waals surface area (Å²) in [6.07, 6.45) is 0.0458. The Hall–Kier alpha value is -1.44. The maximum atomic E-state index is 11.8. The third kappa shape index (κ3) is 2.03. The summed E-state index contributed by atoms with van der Waals surface area (Å²) in [5, 5.41) is 0. The van der Waals surface area contributed by atoms with Crippen LogP contribution in [-0.2, 0) is 14.2 Å². The molecule has 3 heterocycles. The first-order chi connectivity index (χ1) is 8.87. The molecule has 1 aromatic heterocycles. The minimum atomic E-state index is -0.697. The first kappa shape index (κ1) is 12.6. The molecular weight excluding hydrogens is 252 g/mol. The number of aromatic amines is 1. The number of nitrogens with one attached hydrogen (secondary N) is 1. The molecule has 0 amide bonds. The quantitative estimate of drug-likeness (QED) is 0.773. The van der Waals surface area contributed by atoms with Crippen LogP contribution in [0.4, 0.5) is 0 Å². The zero-order valence-corrected chi connectivity index (χ0v) is 11.0. The molecule has 0 saturated carbocycles. The van der Waals surface area contributed by atoms with E-state index in [1.54, 1.807) is 0 Å². The summed E-state index contributed by atoms with van der Waals surface area (Å²) >= 11 is 0. The molecule has 0 spiro atoms. The van der Waals surface area contributed by atoms with Crippen molar-refractivity contribution in [2.45, 2.75) is 51.1 Å². The Kier molecular flexibility index (Phi) is 2.67. The highest BCUT2D eigenvalue weighted by Gasteiger charge is 2.54. The molecule has 104 valence electrons. The summed E-state index contributed by atoms with van der Waals surface area (Å²) in [6, 6.07) is 1.28. The molecule has 19 heavy (non-hydrogen) atoms. The Morgan fingerprint density at radius 3 is 2.63 bits per heavy atom. The van der Waals surface area contributed by atoms with Crippen LogP contribution in [0.2, 0.25) is 0 Å². The number of fused-ring (bicyclic) bond motifs is 1. The Bertz CT molecular complexity index is 605. The predicted octanol–water partition coefficient (Wildman–Crippen LogP) is -0.0260. The van der Waals surface area contributed by atoms with Crippen molar-refractivity contribution in [3.05, 3.63) is 33.1 Å². The Balaban J connectivity index is 1.98. The molecule has 1 N–H and O–H groups in total. The van der Waals surface area contributed by atoms with E-state index in [0.717, 1.165) is 0 Å². The van der Waals surface area contributed by atoms with Gasteiger partial charge in [-0.05, 0) is 20.8 Å². The summed E-state index contributed by atoms with van der Waals surface area (Å²) in [5.41, 5.74) is -0.952. The fourth-order valence-corrected chi connectivity index (χ4v) is 2.63. The van der Waals surface area contributed by atoms with E-state index in [2.05, 4.69) is 4.98 Å². The largest absolute Gasteiger partial charge is 0.349 e. The first-order valence-electron chi connectivity index (χ1n) is 6.20. The minimum Gasteiger partial charge on any atom is -0.349 e. The molecule has 2 saturated heterocycles. The molecule has 2 fully saturated rings. The lowest BCUT2D eigenvalue weighted by Crippen LogP contribution is -2.37. The highest BCUT2D eigenvalue weighted by Crippen LogP contribution is 2.42. The Morgan fingerprint density at radius 2 is 1.95 bits per heavy atom. The summed E-state index contributed by atoms with van der Waals surface area (Å²) in [4.78, 5) is 25.1. The lowest BCUT2D eigenvalue weighted by atomic mass is 10.1. The summed E-state index contributed by atoms with van der Waals surface area (Å²) in [6.45, 7) is 5.52. The second-order valence-electron chi connectivity index (χ2n) is 5.31. The molecule has 7 nitrogen and oxygen atoms in total. The predicted molar refractivity (Wildman–Crippen MR) is 64.7 cm³/mol. The van der Waals surface area contributed by atoms with Gasteiger partial charge in [0, 0.05) is 12.3 Å². The average molecular weight is 268 g/mol. The van der Waals surface area contributed by atoms with Crippen molar-refractivity contribution in [1.29, 1.82) is 0 Å². The van der Waals surface area contributed by atoms with E-state index in [1.807, 2.05) is 20.8 Å². The van der Waals surface area contributed by atoms with Gasteiger partial charge in [0.25, 0.3) is 5.56 Å². The number of H-pyrrole nitrogens is 1.